The van der Waals surface area contributed by atoms with Crippen molar-refractivity contribution in [2.24, 2.45) is 5.41 Å². The first-order valence-corrected chi connectivity index (χ1v) is 5.00. The van der Waals surface area contributed by atoms with Gasteiger partial charge in [0.1, 0.15) is 0 Å². The Morgan fingerprint density at radius 1 is 1.50 bits per heavy atom. The van der Waals surface area contributed by atoms with Crippen LogP contribution >= 0.6 is 24.4 Å². The zero-order valence-corrected chi connectivity index (χ0v) is 8.48. The van der Waals surface area contributed by atoms with E-state index in [1.165, 1.54) is 22.6 Å². The quantitative estimate of drug-likeness (QED) is 0.432. The van der Waals surface area contributed by atoms with Crippen LogP contribution in [0.3, 0.4) is 0 Å². The fourth-order valence-electron chi connectivity index (χ4n) is 1.10. The number of thiol groups is 1. The molecule has 0 amide bonds. The highest BCUT2D eigenvalue weighted by Crippen LogP contribution is 2.41. The summed E-state index contributed by atoms with van der Waals surface area (Å²) in [5, 5.41) is 0. The van der Waals surface area contributed by atoms with E-state index >= 15 is 0 Å². The summed E-state index contributed by atoms with van der Waals surface area (Å²) in [6, 6.07) is 0. The zero-order valence-electron chi connectivity index (χ0n) is 6.77. The second-order valence-corrected chi connectivity index (χ2v) is 5.27. The molecule has 0 atom stereocenters. The van der Waals surface area contributed by atoms with Crippen molar-refractivity contribution in [2.45, 2.75) is 20.8 Å². The van der Waals surface area contributed by atoms with Gasteiger partial charge in [0.25, 0.3) is 0 Å². The first kappa shape index (κ1) is 8.60. The van der Waals surface area contributed by atoms with Crippen LogP contribution in [0.2, 0.25) is 0 Å². The van der Waals surface area contributed by atoms with Gasteiger partial charge in [0, 0.05) is 0 Å². The van der Waals surface area contributed by atoms with Gasteiger partial charge >= 0.3 is 0 Å². The number of hydrogen-bond acceptors (Lipinski definition) is 2. The van der Waals surface area contributed by atoms with Crippen molar-refractivity contribution in [1.29, 1.82) is 0 Å². The lowest BCUT2D eigenvalue weighted by molar-refractivity contribution is 0.534. The van der Waals surface area contributed by atoms with Crippen LogP contribution in [0.25, 0.3) is 0 Å². The van der Waals surface area contributed by atoms with Crippen molar-refractivity contribution in [3.8, 4) is 0 Å². The lowest BCUT2D eigenvalue weighted by Gasteiger charge is -2.20. The van der Waals surface area contributed by atoms with Gasteiger partial charge in [-0.15, -0.1) is 11.8 Å². The Kier molecular flexibility index (Phi) is 2.46. The van der Waals surface area contributed by atoms with Gasteiger partial charge in [-0.25, -0.2) is 0 Å². The van der Waals surface area contributed by atoms with Crippen LogP contribution in [0.15, 0.2) is 9.71 Å². The van der Waals surface area contributed by atoms with E-state index < -0.39 is 0 Å². The Hall–Kier alpha value is 0.505. The fraction of sp³-hybridized carbons (Fsp3) is 0.714. The van der Waals surface area contributed by atoms with Gasteiger partial charge in [0.15, 0.2) is 7.28 Å². The molecular weight excluding hydrogens is 159 g/mol. The molecule has 0 aromatic rings. The largest absolute Gasteiger partial charge is 0.178 e. The summed E-state index contributed by atoms with van der Waals surface area (Å²) in [7, 11) is 1.17. The van der Waals surface area contributed by atoms with Gasteiger partial charge < -0.3 is 0 Å². The van der Waals surface area contributed by atoms with Gasteiger partial charge in [0.05, 0.1) is 0 Å². The molecule has 0 saturated carbocycles. The van der Waals surface area contributed by atoms with Gasteiger partial charge in [-0.3, -0.25) is 0 Å². The van der Waals surface area contributed by atoms with E-state index in [2.05, 4.69) is 33.4 Å². The molecule has 0 N–H and O–H groups in total. The molecule has 1 aliphatic rings. The second-order valence-electron chi connectivity index (χ2n) is 3.62. The number of allylic oxidation sites excluding steroid dienone is 1. The SMILES string of the molecule is CC(C)(C)C1=C(S)BCS1. The third-order valence-corrected chi connectivity index (χ3v) is 3.68. The highest BCUT2D eigenvalue weighted by molar-refractivity contribution is 8.06. The summed E-state index contributed by atoms with van der Waals surface area (Å²) in [5.41, 5.74) is 1.55. The first-order chi connectivity index (χ1) is 4.52. The van der Waals surface area contributed by atoms with Crippen molar-refractivity contribution < 1.29 is 0 Å². The lowest BCUT2D eigenvalue weighted by Crippen LogP contribution is -2.06. The van der Waals surface area contributed by atoms with Gasteiger partial charge in [-0.2, -0.15) is 12.6 Å². The van der Waals surface area contributed by atoms with Crippen LogP contribution in [0.5, 0.6) is 0 Å². The molecule has 3 heteroatoms. The predicted octanol–water partition coefficient (Wildman–Crippen LogP) is 2.27. The summed E-state index contributed by atoms with van der Waals surface area (Å²) in [5.74, 6) is 0. The van der Waals surface area contributed by atoms with Crippen LogP contribution in [0.4, 0.5) is 0 Å². The molecular formula is C7H13BS2. The van der Waals surface area contributed by atoms with E-state index in [1.807, 2.05) is 11.8 Å². The third-order valence-electron chi connectivity index (χ3n) is 1.53. The maximum atomic E-state index is 4.44. The summed E-state index contributed by atoms with van der Waals surface area (Å²) >= 11 is 6.40. The Morgan fingerprint density at radius 2 is 2.10 bits per heavy atom. The third kappa shape index (κ3) is 1.76. The van der Waals surface area contributed by atoms with E-state index in [0.717, 1.165) is 0 Å². The van der Waals surface area contributed by atoms with E-state index in [9.17, 15) is 0 Å². The number of rotatable bonds is 0. The van der Waals surface area contributed by atoms with Crippen molar-refractivity contribution >= 4 is 31.7 Å². The maximum absolute atomic E-state index is 4.44. The molecule has 10 heavy (non-hydrogen) atoms. The smallest absolute Gasteiger partial charge is 0.157 e. The highest BCUT2D eigenvalue weighted by atomic mass is 32.2. The van der Waals surface area contributed by atoms with Crippen LogP contribution in [0.1, 0.15) is 20.8 Å². The molecule has 0 unspecified atom stereocenters. The van der Waals surface area contributed by atoms with Crippen molar-refractivity contribution in [3.05, 3.63) is 9.71 Å². The predicted molar refractivity (Wildman–Crippen MR) is 55.1 cm³/mol. The van der Waals surface area contributed by atoms with Gasteiger partial charge in [-0.1, -0.05) is 20.8 Å². The van der Waals surface area contributed by atoms with Crippen molar-refractivity contribution in [3.63, 3.8) is 0 Å². The van der Waals surface area contributed by atoms with Gasteiger partial charge in [0.2, 0.25) is 0 Å². The standard InChI is InChI=1S/C7H13BS2/c1-7(2,3)5-6(9)8-4-10-5/h8-9H,4H2,1-3H3. The van der Waals surface area contributed by atoms with Crippen molar-refractivity contribution in [1.82, 2.24) is 0 Å². The van der Waals surface area contributed by atoms with E-state index in [4.69, 9.17) is 0 Å². The molecule has 0 nitrogen and oxygen atoms in total. The molecule has 0 aromatic carbocycles. The van der Waals surface area contributed by atoms with E-state index in [-0.39, 0.29) is 0 Å². The van der Waals surface area contributed by atoms with E-state index in [0.29, 0.717) is 5.41 Å². The molecule has 0 aliphatic carbocycles. The normalized spacial score (nSPS) is 19.6. The summed E-state index contributed by atoms with van der Waals surface area (Å²) in [4.78, 5) is 2.79. The van der Waals surface area contributed by atoms with Crippen molar-refractivity contribution in [2.75, 3.05) is 5.65 Å². The molecule has 56 valence electrons. The van der Waals surface area contributed by atoms with Crippen LogP contribution in [-0.4, -0.2) is 12.9 Å². The molecule has 0 bridgehead atoms. The summed E-state index contributed by atoms with van der Waals surface area (Å²) < 4.78 is 0. The molecule has 0 aromatic heterocycles. The monoisotopic (exact) mass is 172 g/mol. The minimum atomic E-state index is 0.318. The van der Waals surface area contributed by atoms with Crippen LogP contribution < -0.4 is 0 Å². The average molecular weight is 172 g/mol. The minimum Gasteiger partial charge on any atom is -0.157 e. The Balaban J connectivity index is 2.81. The topological polar surface area (TPSA) is 0 Å². The first-order valence-electron chi connectivity index (χ1n) is 3.57. The van der Waals surface area contributed by atoms with Gasteiger partial charge in [-0.05, 0) is 20.8 Å². The molecule has 0 radical (unpaired) electrons. The lowest BCUT2D eigenvalue weighted by atomic mass is 9.78. The number of hydrogen-bond donors (Lipinski definition) is 1. The fourth-order valence-corrected chi connectivity index (χ4v) is 3.10. The Labute approximate surface area is 73.5 Å². The highest BCUT2D eigenvalue weighted by Gasteiger charge is 2.24. The average Bonchev–Trinajstić information content (AvgIpc) is 2.11. The molecule has 1 rings (SSSR count). The minimum absolute atomic E-state index is 0.318. The molecule has 0 fully saturated rings. The zero-order chi connectivity index (χ0) is 7.78. The molecule has 0 saturated heterocycles. The van der Waals surface area contributed by atoms with Crippen LogP contribution in [-0.2, 0) is 0 Å². The van der Waals surface area contributed by atoms with Crippen LogP contribution in [0, 0.1) is 5.41 Å². The Bertz CT molecular complexity index is 167. The Morgan fingerprint density at radius 3 is 2.30 bits per heavy atom. The second kappa shape index (κ2) is 2.86. The summed E-state index contributed by atoms with van der Waals surface area (Å²) in [6.45, 7) is 6.74. The number of thioether (sulfide) groups is 1. The molecule has 1 aliphatic heterocycles. The molecule has 1 heterocycles. The van der Waals surface area contributed by atoms with E-state index in [1.54, 1.807) is 0 Å². The summed E-state index contributed by atoms with van der Waals surface area (Å²) in [6.07, 6.45) is 0. The molecule has 0 spiro atoms. The maximum Gasteiger partial charge on any atom is 0.178 e.